The number of pyridine rings is 1. The first-order chi connectivity index (χ1) is 30.0. The SMILES string of the molecule is CN(C(=O)[O-])[C@H](C(=O)N[C@@H](Cc1ccc(-c2ccccn2)cc1)C[C@H](OP(=O)(O)O)[C@H](Cc1ccccc1)NC(=O)[C@@H](N1CCC2C1[N+]2(O)Cc1ccccc1)C(C)(C)C)C(C)(C)C. The predicted octanol–water partition coefficient (Wildman–Crippen LogP) is 5.30. The standard InChI is InChI=1S/C48H63N6O9P/c1-47(2,3)41(52(7)46(57)58)43(55)50-36(28-33-21-23-35(24-22-33)37-20-14-15-26-49-37)30-40(63-64(60,61)62)38(29-32-16-10-8-11-17-32)51-44(56)42(48(4,5)6)53-27-25-39-45(53)54(39,59)31-34-18-12-9-13-19-34/h8-24,26,36,38-42,45,59H,25,27-31H2,1-7H3,(H4-,50,51,55,56,57,58,60,61,62)/t36-,38-,39?,40-,41+,42+,45?,54?/m0/s1. The summed E-state index contributed by atoms with van der Waals surface area (Å²) < 4.78 is 18.4. The number of aromatic nitrogens is 1. The van der Waals surface area contributed by atoms with Gasteiger partial charge in [-0.2, -0.15) is 0 Å². The Morgan fingerprint density at radius 1 is 0.844 bits per heavy atom. The zero-order valence-corrected chi connectivity index (χ0v) is 38.6. The summed E-state index contributed by atoms with van der Waals surface area (Å²) >= 11 is 0. The lowest BCUT2D eigenvalue weighted by Gasteiger charge is -2.40. The average Bonchev–Trinajstić information content (AvgIpc) is 3.51. The number of hydroxylamine groups is 3. The minimum Gasteiger partial charge on any atom is -0.530 e. The second-order valence-electron chi connectivity index (χ2n) is 19.4. The Balaban J connectivity index is 1.35. The molecule has 1 aromatic heterocycles. The summed E-state index contributed by atoms with van der Waals surface area (Å²) in [5.41, 5.74) is 2.55. The number of likely N-dealkylation sites (tertiary alicyclic amines) is 1. The number of likely N-dealkylation sites (N-methyl/N-ethyl adjacent to an activating group) is 1. The van der Waals surface area contributed by atoms with Crippen LogP contribution in [-0.4, -0.2) is 108 Å². The van der Waals surface area contributed by atoms with Crippen molar-refractivity contribution in [1.82, 2.24) is 25.4 Å². The van der Waals surface area contributed by atoms with Crippen molar-refractivity contribution in [3.63, 3.8) is 0 Å². The molecule has 15 nitrogen and oxygen atoms in total. The fourth-order valence-electron chi connectivity index (χ4n) is 9.60. The van der Waals surface area contributed by atoms with Gasteiger partial charge in [0.1, 0.15) is 18.7 Å². The summed E-state index contributed by atoms with van der Waals surface area (Å²) in [5.74, 6) is -1.05. The Morgan fingerprint density at radius 3 is 1.98 bits per heavy atom. The summed E-state index contributed by atoms with van der Waals surface area (Å²) in [7, 11) is -3.99. The number of phosphoric ester groups is 1. The summed E-state index contributed by atoms with van der Waals surface area (Å²) in [6.45, 7) is 12.0. The van der Waals surface area contributed by atoms with E-state index in [2.05, 4.69) is 20.5 Å². The van der Waals surface area contributed by atoms with Gasteiger partial charge in [-0.1, -0.05) is 133 Å². The van der Waals surface area contributed by atoms with E-state index < -0.39 is 66.8 Å². The second-order valence-corrected chi connectivity index (χ2v) is 20.6. The quantitative estimate of drug-likeness (QED) is 0.0493. The summed E-state index contributed by atoms with van der Waals surface area (Å²) in [4.78, 5) is 69.7. The summed E-state index contributed by atoms with van der Waals surface area (Å²) in [5, 5.41) is 30.2. The van der Waals surface area contributed by atoms with E-state index in [9.17, 15) is 39.0 Å². The molecule has 64 heavy (non-hydrogen) atoms. The third-order valence-corrected chi connectivity index (χ3v) is 12.9. The monoisotopic (exact) mass is 898 g/mol. The molecule has 344 valence electrons. The third kappa shape index (κ3) is 12.0. The Labute approximate surface area is 376 Å². The molecule has 2 fully saturated rings. The van der Waals surface area contributed by atoms with Gasteiger partial charge in [-0.25, -0.2) is 14.7 Å². The van der Waals surface area contributed by atoms with Gasteiger partial charge in [0.05, 0.1) is 23.9 Å². The maximum Gasteiger partial charge on any atom is 0.469 e. The summed E-state index contributed by atoms with van der Waals surface area (Å²) in [6.07, 6.45) is -0.844. The molecule has 3 aromatic carbocycles. The van der Waals surface area contributed by atoms with Gasteiger partial charge in [-0.05, 0) is 53.4 Å². The van der Waals surface area contributed by atoms with Crippen molar-refractivity contribution in [2.75, 3.05) is 13.6 Å². The van der Waals surface area contributed by atoms with Gasteiger partial charge < -0.3 is 35.2 Å². The van der Waals surface area contributed by atoms with E-state index >= 15 is 0 Å². The largest absolute Gasteiger partial charge is 0.530 e. The van der Waals surface area contributed by atoms with Crippen LogP contribution in [0.2, 0.25) is 0 Å². The van der Waals surface area contributed by atoms with Crippen LogP contribution in [-0.2, 0) is 38.1 Å². The van der Waals surface area contributed by atoms with Crippen LogP contribution in [0.25, 0.3) is 11.3 Å². The number of quaternary nitrogens is 1. The molecule has 4 aromatic rings. The van der Waals surface area contributed by atoms with E-state index in [1.54, 1.807) is 27.0 Å². The smallest absolute Gasteiger partial charge is 0.469 e. The molecule has 3 heterocycles. The number of amides is 3. The highest BCUT2D eigenvalue weighted by Crippen LogP contribution is 2.51. The van der Waals surface area contributed by atoms with Gasteiger partial charge in [-0.3, -0.25) is 19.1 Å². The van der Waals surface area contributed by atoms with Crippen molar-refractivity contribution in [3.8, 4) is 11.3 Å². The van der Waals surface area contributed by atoms with Crippen molar-refractivity contribution >= 4 is 25.7 Å². The predicted molar refractivity (Wildman–Crippen MR) is 240 cm³/mol. The van der Waals surface area contributed by atoms with E-state index in [1.807, 2.05) is 124 Å². The van der Waals surface area contributed by atoms with Crippen molar-refractivity contribution in [2.45, 2.75) is 116 Å². The first-order valence-corrected chi connectivity index (χ1v) is 23.3. The number of carboxylic acid groups (broad SMARTS) is 1. The van der Waals surface area contributed by atoms with Crippen LogP contribution in [0, 0.1) is 10.8 Å². The molecular formula is C48H63N6O9P. The number of nitrogens with zero attached hydrogens (tertiary/aromatic N) is 4. The van der Waals surface area contributed by atoms with Crippen molar-refractivity contribution in [3.05, 3.63) is 126 Å². The number of nitrogens with one attached hydrogen (secondary N) is 2. The number of phosphoric acid groups is 1. The van der Waals surface area contributed by atoms with Gasteiger partial charge in [-0.15, -0.1) is 4.65 Å². The molecule has 2 aliphatic heterocycles. The molecule has 0 bridgehead atoms. The van der Waals surface area contributed by atoms with Gasteiger partial charge in [0.15, 0.2) is 6.04 Å². The van der Waals surface area contributed by atoms with Crippen molar-refractivity contribution in [2.24, 2.45) is 10.8 Å². The Bertz CT molecular complexity index is 2250. The molecule has 6 rings (SSSR count). The van der Waals surface area contributed by atoms with Crippen molar-refractivity contribution < 1.29 is 48.2 Å². The second kappa shape index (κ2) is 19.6. The lowest BCUT2D eigenvalue weighted by molar-refractivity contribution is -1.04. The fraction of sp³-hybridized carbons (Fsp3) is 0.458. The molecule has 0 radical (unpaired) electrons. The van der Waals surface area contributed by atoms with Crippen LogP contribution in [0.3, 0.4) is 0 Å². The molecule has 0 aliphatic carbocycles. The molecule has 3 unspecified atom stereocenters. The van der Waals surface area contributed by atoms with E-state index in [1.165, 1.54) is 7.05 Å². The number of rotatable bonds is 18. The fourth-order valence-corrected chi connectivity index (χ4v) is 10.2. The highest BCUT2D eigenvalue weighted by Gasteiger charge is 2.75. The van der Waals surface area contributed by atoms with Crippen LogP contribution >= 0.6 is 7.82 Å². The van der Waals surface area contributed by atoms with Gasteiger partial charge in [0.2, 0.25) is 18.0 Å². The van der Waals surface area contributed by atoms with Crippen molar-refractivity contribution in [1.29, 1.82) is 0 Å². The number of benzene rings is 3. The Morgan fingerprint density at radius 2 is 1.44 bits per heavy atom. The first-order valence-electron chi connectivity index (χ1n) is 21.8. The number of hydrogen-bond acceptors (Lipinski definition) is 9. The van der Waals surface area contributed by atoms with E-state index in [0.29, 0.717) is 19.5 Å². The van der Waals surface area contributed by atoms with Crippen LogP contribution in [0.15, 0.2) is 109 Å². The van der Waals surface area contributed by atoms with Gasteiger partial charge in [0, 0.05) is 43.4 Å². The maximum atomic E-state index is 15.0. The highest BCUT2D eigenvalue weighted by atomic mass is 31.2. The zero-order valence-electron chi connectivity index (χ0n) is 37.7. The minimum atomic E-state index is -5.25. The third-order valence-electron chi connectivity index (χ3n) is 12.3. The number of fused-ring (bicyclic) bond motifs is 1. The number of hydrogen-bond donors (Lipinski definition) is 5. The van der Waals surface area contributed by atoms with E-state index in [-0.39, 0.29) is 36.1 Å². The zero-order chi connectivity index (χ0) is 46.6. The Kier molecular flexibility index (Phi) is 14.9. The molecule has 2 saturated heterocycles. The average molecular weight is 899 g/mol. The van der Waals surface area contributed by atoms with Crippen LogP contribution < -0.4 is 15.7 Å². The number of carbonyl (C=O) groups is 3. The lowest BCUT2D eigenvalue weighted by Crippen LogP contribution is -2.60. The van der Waals surface area contributed by atoms with E-state index in [4.69, 9.17) is 4.52 Å². The molecular weight excluding hydrogens is 836 g/mol. The highest BCUT2D eigenvalue weighted by molar-refractivity contribution is 7.46. The van der Waals surface area contributed by atoms with E-state index in [0.717, 1.165) is 32.8 Å². The van der Waals surface area contributed by atoms with Gasteiger partial charge in [0.25, 0.3) is 0 Å². The van der Waals surface area contributed by atoms with Gasteiger partial charge >= 0.3 is 7.82 Å². The maximum absolute atomic E-state index is 15.0. The molecule has 3 amide bonds. The van der Waals surface area contributed by atoms with Crippen LogP contribution in [0.4, 0.5) is 4.79 Å². The Hall–Kier alpha value is -4.99. The molecule has 2 aliphatic rings. The molecule has 16 heteroatoms. The van der Waals surface area contributed by atoms with Crippen LogP contribution in [0.1, 0.15) is 71.1 Å². The molecule has 0 saturated carbocycles. The summed E-state index contributed by atoms with van der Waals surface area (Å²) in [6, 6.07) is 28.0. The molecule has 0 spiro atoms. The minimum absolute atomic E-state index is 0.0843. The van der Waals surface area contributed by atoms with Crippen LogP contribution in [0.5, 0.6) is 0 Å². The number of carbonyl (C=O) groups excluding carboxylic acids is 3. The topological polar surface area (TPSA) is 205 Å². The molecule has 5 N–H and O–H groups in total. The normalized spacial score (nSPS) is 21.2. The molecule has 8 atom stereocenters. The first kappa shape index (κ1) is 48.5. The lowest BCUT2D eigenvalue weighted by atomic mass is 9.84.